The van der Waals surface area contributed by atoms with Gasteiger partial charge in [-0.15, -0.1) is 0 Å². The first-order chi connectivity index (χ1) is 12.6. The number of nitrogens with zero attached hydrogens (tertiary/aromatic N) is 2. The van der Waals surface area contributed by atoms with Crippen molar-refractivity contribution in [2.75, 3.05) is 46.3 Å². The van der Waals surface area contributed by atoms with Crippen molar-refractivity contribution < 1.29 is 9.59 Å². The molecule has 5 heteroatoms. The smallest absolute Gasteiger partial charge is 0.220 e. The minimum Gasteiger partial charge on any atom is -0.356 e. The number of benzene rings is 1. The Hall–Kier alpha value is -1.72. The van der Waals surface area contributed by atoms with Gasteiger partial charge in [0.1, 0.15) is 0 Å². The van der Waals surface area contributed by atoms with Crippen LogP contribution in [0.15, 0.2) is 24.3 Å². The van der Waals surface area contributed by atoms with E-state index in [0.717, 1.165) is 52.0 Å². The predicted molar refractivity (Wildman–Crippen MR) is 106 cm³/mol. The molecule has 0 bridgehead atoms. The summed E-state index contributed by atoms with van der Waals surface area (Å²) in [7, 11) is 2.15. The number of carbonyl (C=O) groups excluding carboxylic acids is 2. The van der Waals surface area contributed by atoms with E-state index in [0.29, 0.717) is 12.1 Å². The summed E-state index contributed by atoms with van der Waals surface area (Å²) in [5, 5.41) is 2.94. The number of hydrogen-bond acceptors (Lipinski definition) is 4. The van der Waals surface area contributed by atoms with E-state index in [9.17, 15) is 9.59 Å². The molecule has 1 N–H and O–H groups in total. The fourth-order valence-electron chi connectivity index (χ4n) is 3.21. The zero-order valence-corrected chi connectivity index (χ0v) is 16.3. The van der Waals surface area contributed by atoms with Crippen molar-refractivity contribution >= 4 is 11.7 Å². The first-order valence-corrected chi connectivity index (χ1v) is 9.88. The molecule has 0 aromatic heterocycles. The zero-order chi connectivity index (χ0) is 18.8. The molecule has 1 fully saturated rings. The van der Waals surface area contributed by atoms with Crippen LogP contribution in [0.5, 0.6) is 0 Å². The third-order valence-corrected chi connectivity index (χ3v) is 4.96. The van der Waals surface area contributed by atoms with Gasteiger partial charge in [-0.2, -0.15) is 0 Å². The van der Waals surface area contributed by atoms with Crippen LogP contribution < -0.4 is 5.32 Å². The second-order valence-electron chi connectivity index (χ2n) is 7.22. The molecular weight excluding hydrogens is 326 g/mol. The van der Waals surface area contributed by atoms with Crippen molar-refractivity contribution in [3.63, 3.8) is 0 Å². The summed E-state index contributed by atoms with van der Waals surface area (Å²) in [6.45, 7) is 8.30. The largest absolute Gasteiger partial charge is 0.356 e. The lowest BCUT2D eigenvalue weighted by atomic mass is 10.0. The highest BCUT2D eigenvalue weighted by atomic mass is 16.2. The molecule has 2 rings (SSSR count). The van der Waals surface area contributed by atoms with E-state index >= 15 is 0 Å². The second-order valence-corrected chi connectivity index (χ2v) is 7.22. The fraction of sp³-hybridized carbons (Fsp3) is 0.619. The Bertz CT molecular complexity index is 563. The van der Waals surface area contributed by atoms with Crippen LogP contribution in [0.3, 0.4) is 0 Å². The summed E-state index contributed by atoms with van der Waals surface area (Å²) < 4.78 is 0. The lowest BCUT2D eigenvalue weighted by Crippen LogP contribution is -2.45. The maximum Gasteiger partial charge on any atom is 0.220 e. The van der Waals surface area contributed by atoms with Gasteiger partial charge in [-0.3, -0.25) is 9.59 Å². The van der Waals surface area contributed by atoms with Gasteiger partial charge in [0.05, 0.1) is 0 Å². The SMILES string of the molecule is CCCc1ccc(C(=O)CCC(=O)NCCCN2CCN(C)CC2)cc1. The number of ketones is 1. The van der Waals surface area contributed by atoms with E-state index in [1.54, 1.807) is 0 Å². The Balaban J connectivity index is 1.58. The molecule has 0 spiro atoms. The van der Waals surface area contributed by atoms with Crippen LogP contribution in [0.25, 0.3) is 0 Å². The van der Waals surface area contributed by atoms with Crippen LogP contribution in [0.4, 0.5) is 0 Å². The number of likely N-dealkylation sites (N-methyl/N-ethyl adjacent to an activating group) is 1. The van der Waals surface area contributed by atoms with Crippen LogP contribution in [0.1, 0.15) is 48.5 Å². The summed E-state index contributed by atoms with van der Waals surface area (Å²) in [6, 6.07) is 7.77. The van der Waals surface area contributed by atoms with Crippen LogP contribution in [0.2, 0.25) is 0 Å². The third-order valence-electron chi connectivity index (χ3n) is 4.96. The lowest BCUT2D eigenvalue weighted by Gasteiger charge is -2.32. The van der Waals surface area contributed by atoms with Gasteiger partial charge in [-0.05, 0) is 32.0 Å². The van der Waals surface area contributed by atoms with E-state index < -0.39 is 0 Å². The maximum atomic E-state index is 12.2. The second kappa shape index (κ2) is 11.1. The minimum absolute atomic E-state index is 0.0284. The number of piperazine rings is 1. The highest BCUT2D eigenvalue weighted by Crippen LogP contribution is 2.10. The summed E-state index contributed by atoms with van der Waals surface area (Å²) in [5.41, 5.74) is 1.95. The first kappa shape index (κ1) is 20.6. The average Bonchev–Trinajstić information content (AvgIpc) is 2.65. The number of rotatable bonds is 10. The molecule has 1 aromatic carbocycles. The van der Waals surface area contributed by atoms with Crippen LogP contribution in [-0.2, 0) is 11.2 Å². The highest BCUT2D eigenvalue weighted by molar-refractivity contribution is 5.97. The van der Waals surface area contributed by atoms with Crippen molar-refractivity contribution in [1.82, 2.24) is 15.1 Å². The van der Waals surface area contributed by atoms with Gasteiger partial charge in [0, 0.05) is 51.1 Å². The Morgan fingerprint density at radius 3 is 2.38 bits per heavy atom. The maximum absolute atomic E-state index is 12.2. The molecule has 1 amide bonds. The number of nitrogens with one attached hydrogen (secondary N) is 1. The molecule has 5 nitrogen and oxygen atoms in total. The summed E-state index contributed by atoms with van der Waals surface area (Å²) >= 11 is 0. The summed E-state index contributed by atoms with van der Waals surface area (Å²) in [4.78, 5) is 28.9. The van der Waals surface area contributed by atoms with Gasteiger partial charge >= 0.3 is 0 Å². The van der Waals surface area contributed by atoms with Crippen molar-refractivity contribution in [3.8, 4) is 0 Å². The van der Waals surface area contributed by atoms with Gasteiger partial charge in [-0.1, -0.05) is 37.6 Å². The molecule has 0 unspecified atom stereocenters. The van der Waals surface area contributed by atoms with E-state index in [4.69, 9.17) is 0 Å². The monoisotopic (exact) mass is 359 g/mol. The molecule has 1 aliphatic heterocycles. The average molecular weight is 360 g/mol. The van der Waals surface area contributed by atoms with Gasteiger partial charge in [0.15, 0.2) is 5.78 Å². The number of carbonyl (C=O) groups is 2. The van der Waals surface area contributed by atoms with Gasteiger partial charge in [0.25, 0.3) is 0 Å². The molecule has 1 saturated heterocycles. The van der Waals surface area contributed by atoms with Gasteiger partial charge in [-0.25, -0.2) is 0 Å². The molecule has 1 aliphatic rings. The van der Waals surface area contributed by atoms with Gasteiger partial charge < -0.3 is 15.1 Å². The van der Waals surface area contributed by atoms with Crippen molar-refractivity contribution in [1.29, 1.82) is 0 Å². The molecule has 1 aromatic rings. The van der Waals surface area contributed by atoms with E-state index in [1.807, 2.05) is 24.3 Å². The number of amides is 1. The summed E-state index contributed by atoms with van der Waals surface area (Å²) in [5.74, 6) is 0.0139. The quantitative estimate of drug-likeness (QED) is 0.515. The number of hydrogen-bond donors (Lipinski definition) is 1. The number of aryl methyl sites for hydroxylation is 1. The normalized spacial score (nSPS) is 15.8. The minimum atomic E-state index is -0.0284. The molecule has 144 valence electrons. The third kappa shape index (κ3) is 7.26. The molecule has 0 saturated carbocycles. The molecule has 26 heavy (non-hydrogen) atoms. The zero-order valence-electron chi connectivity index (χ0n) is 16.3. The number of Topliss-reactive ketones (excluding diaryl/α,β-unsaturated/α-hetero) is 1. The Morgan fingerprint density at radius 1 is 1.04 bits per heavy atom. The van der Waals surface area contributed by atoms with Crippen LogP contribution in [0, 0.1) is 0 Å². The standard InChI is InChI=1S/C21H33N3O2/c1-3-5-18-6-8-19(9-7-18)20(25)10-11-21(26)22-12-4-13-24-16-14-23(2)15-17-24/h6-9H,3-5,10-17H2,1-2H3,(H,22,26). The van der Waals surface area contributed by atoms with Crippen molar-refractivity contribution in [2.45, 2.75) is 39.0 Å². The van der Waals surface area contributed by atoms with Gasteiger partial charge in [0.2, 0.25) is 5.91 Å². The first-order valence-electron chi connectivity index (χ1n) is 9.88. The Morgan fingerprint density at radius 2 is 1.73 bits per heavy atom. The molecular formula is C21H33N3O2. The predicted octanol–water partition coefficient (Wildman–Crippen LogP) is 2.36. The molecule has 0 radical (unpaired) electrons. The van der Waals surface area contributed by atoms with E-state index in [1.165, 1.54) is 5.56 Å². The van der Waals surface area contributed by atoms with E-state index in [2.05, 4.69) is 29.1 Å². The highest BCUT2D eigenvalue weighted by Gasteiger charge is 2.13. The molecule has 0 aliphatic carbocycles. The Kier molecular flexibility index (Phi) is 8.78. The lowest BCUT2D eigenvalue weighted by molar-refractivity contribution is -0.121. The fourth-order valence-corrected chi connectivity index (χ4v) is 3.21. The van der Waals surface area contributed by atoms with Crippen molar-refractivity contribution in [3.05, 3.63) is 35.4 Å². The van der Waals surface area contributed by atoms with Crippen LogP contribution >= 0.6 is 0 Å². The van der Waals surface area contributed by atoms with Crippen molar-refractivity contribution in [2.24, 2.45) is 0 Å². The Labute approximate surface area is 157 Å². The summed E-state index contributed by atoms with van der Waals surface area (Å²) in [6.07, 6.45) is 3.64. The molecule has 0 atom stereocenters. The topological polar surface area (TPSA) is 52.7 Å². The molecule has 1 heterocycles. The van der Waals surface area contributed by atoms with Crippen LogP contribution in [-0.4, -0.2) is 67.8 Å². The van der Waals surface area contributed by atoms with E-state index in [-0.39, 0.29) is 24.5 Å².